The number of rotatable bonds is 5. The van der Waals surface area contributed by atoms with Crippen molar-refractivity contribution < 1.29 is 8.78 Å². The Balaban J connectivity index is 2.44. The first-order valence-corrected chi connectivity index (χ1v) is 6.71. The minimum Gasteiger partial charge on any atom is -0.306 e. The molecular formula is C16H18F2N2. The van der Waals surface area contributed by atoms with E-state index in [0.29, 0.717) is 5.56 Å². The maximum Gasteiger partial charge on any atom is 0.126 e. The van der Waals surface area contributed by atoms with Crippen LogP contribution in [-0.2, 0) is 0 Å². The third-order valence-electron chi connectivity index (χ3n) is 3.19. The highest BCUT2D eigenvalue weighted by molar-refractivity contribution is 5.35. The maximum atomic E-state index is 13.4. The standard InChI is InChI=1S/C16H18F2N2/c1-3-5-20-16(15-4-6-19-10-11(15)2)12-7-13(17)9-14(18)8-12/h4,6-10,16,20H,3,5H2,1-2H3. The van der Waals surface area contributed by atoms with Gasteiger partial charge in [0.05, 0.1) is 6.04 Å². The van der Waals surface area contributed by atoms with Gasteiger partial charge < -0.3 is 5.32 Å². The predicted molar refractivity (Wildman–Crippen MR) is 75.5 cm³/mol. The number of nitrogens with one attached hydrogen (secondary N) is 1. The Labute approximate surface area is 117 Å². The number of benzene rings is 1. The summed E-state index contributed by atoms with van der Waals surface area (Å²) in [5.74, 6) is -1.12. The van der Waals surface area contributed by atoms with E-state index in [1.165, 1.54) is 12.1 Å². The van der Waals surface area contributed by atoms with Gasteiger partial charge >= 0.3 is 0 Å². The van der Waals surface area contributed by atoms with Gasteiger partial charge in [0.2, 0.25) is 0 Å². The van der Waals surface area contributed by atoms with E-state index in [2.05, 4.69) is 17.2 Å². The lowest BCUT2D eigenvalue weighted by atomic mass is 9.96. The molecule has 0 saturated heterocycles. The quantitative estimate of drug-likeness (QED) is 0.899. The lowest BCUT2D eigenvalue weighted by Crippen LogP contribution is -2.24. The fraction of sp³-hybridized carbons (Fsp3) is 0.312. The van der Waals surface area contributed by atoms with E-state index in [-0.39, 0.29) is 6.04 Å². The molecule has 0 amide bonds. The highest BCUT2D eigenvalue weighted by Crippen LogP contribution is 2.25. The van der Waals surface area contributed by atoms with Crippen LogP contribution in [0.4, 0.5) is 8.78 Å². The average Bonchev–Trinajstić information content (AvgIpc) is 2.40. The van der Waals surface area contributed by atoms with Gasteiger partial charge in [-0.15, -0.1) is 0 Å². The molecular weight excluding hydrogens is 258 g/mol. The van der Waals surface area contributed by atoms with Gasteiger partial charge in [-0.05, 0) is 54.8 Å². The van der Waals surface area contributed by atoms with Crippen molar-refractivity contribution in [2.24, 2.45) is 0 Å². The summed E-state index contributed by atoms with van der Waals surface area (Å²) in [5.41, 5.74) is 2.56. The molecule has 106 valence electrons. The Bertz CT molecular complexity index is 564. The van der Waals surface area contributed by atoms with Crippen molar-refractivity contribution in [2.45, 2.75) is 26.3 Å². The van der Waals surface area contributed by atoms with Gasteiger partial charge in [-0.25, -0.2) is 8.78 Å². The van der Waals surface area contributed by atoms with Crippen molar-refractivity contribution in [3.8, 4) is 0 Å². The number of nitrogens with zero attached hydrogens (tertiary/aromatic N) is 1. The van der Waals surface area contributed by atoms with Crippen molar-refractivity contribution in [1.82, 2.24) is 10.3 Å². The first kappa shape index (κ1) is 14.6. The predicted octanol–water partition coefficient (Wildman–Crippen LogP) is 3.76. The first-order chi connectivity index (χ1) is 9.61. The van der Waals surface area contributed by atoms with Crippen molar-refractivity contribution in [3.63, 3.8) is 0 Å². The second-order valence-electron chi connectivity index (χ2n) is 4.82. The third-order valence-corrected chi connectivity index (χ3v) is 3.19. The van der Waals surface area contributed by atoms with E-state index in [4.69, 9.17) is 0 Å². The zero-order chi connectivity index (χ0) is 14.5. The minimum atomic E-state index is -0.560. The van der Waals surface area contributed by atoms with Crippen LogP contribution in [0.15, 0.2) is 36.7 Å². The average molecular weight is 276 g/mol. The summed E-state index contributed by atoms with van der Waals surface area (Å²) in [4.78, 5) is 4.06. The van der Waals surface area contributed by atoms with Gasteiger partial charge in [-0.3, -0.25) is 4.98 Å². The molecule has 2 nitrogen and oxygen atoms in total. The molecule has 20 heavy (non-hydrogen) atoms. The Hall–Kier alpha value is -1.81. The van der Waals surface area contributed by atoms with Gasteiger partial charge in [0.15, 0.2) is 0 Å². The lowest BCUT2D eigenvalue weighted by Gasteiger charge is -2.21. The van der Waals surface area contributed by atoms with Gasteiger partial charge in [0.25, 0.3) is 0 Å². The number of aromatic nitrogens is 1. The monoisotopic (exact) mass is 276 g/mol. The van der Waals surface area contributed by atoms with Crippen LogP contribution in [0.5, 0.6) is 0 Å². The molecule has 1 aromatic carbocycles. The Morgan fingerprint density at radius 2 is 1.90 bits per heavy atom. The van der Waals surface area contributed by atoms with Gasteiger partial charge in [-0.1, -0.05) is 6.92 Å². The van der Waals surface area contributed by atoms with Crippen LogP contribution in [0.2, 0.25) is 0 Å². The highest BCUT2D eigenvalue weighted by Gasteiger charge is 2.17. The normalized spacial score (nSPS) is 12.4. The van der Waals surface area contributed by atoms with Crippen molar-refractivity contribution in [3.05, 3.63) is 65.0 Å². The Morgan fingerprint density at radius 3 is 2.50 bits per heavy atom. The van der Waals surface area contributed by atoms with Gasteiger partial charge in [0.1, 0.15) is 11.6 Å². The van der Waals surface area contributed by atoms with E-state index >= 15 is 0 Å². The van der Waals surface area contributed by atoms with E-state index in [1.54, 1.807) is 12.4 Å². The summed E-state index contributed by atoms with van der Waals surface area (Å²) in [7, 11) is 0. The van der Waals surface area contributed by atoms with Crippen LogP contribution in [-0.4, -0.2) is 11.5 Å². The van der Waals surface area contributed by atoms with Crippen LogP contribution in [0.3, 0.4) is 0 Å². The summed E-state index contributed by atoms with van der Waals surface area (Å²) in [6, 6.07) is 5.28. The van der Waals surface area contributed by atoms with Crippen LogP contribution >= 0.6 is 0 Å². The second kappa shape index (κ2) is 6.57. The summed E-state index contributed by atoms with van der Waals surface area (Å²) in [5, 5.41) is 3.34. The number of hydrogen-bond acceptors (Lipinski definition) is 2. The van der Waals surface area contributed by atoms with E-state index in [0.717, 1.165) is 30.2 Å². The fourth-order valence-corrected chi connectivity index (χ4v) is 2.25. The van der Waals surface area contributed by atoms with Crippen molar-refractivity contribution in [2.75, 3.05) is 6.54 Å². The third kappa shape index (κ3) is 3.39. The summed E-state index contributed by atoms with van der Waals surface area (Å²) in [6.07, 6.45) is 4.39. The molecule has 0 aliphatic rings. The molecule has 2 rings (SSSR count). The van der Waals surface area contributed by atoms with Crippen LogP contribution in [0.25, 0.3) is 0 Å². The SMILES string of the molecule is CCCNC(c1cc(F)cc(F)c1)c1ccncc1C. The van der Waals surface area contributed by atoms with E-state index in [9.17, 15) is 8.78 Å². The molecule has 0 radical (unpaired) electrons. The van der Waals surface area contributed by atoms with Gasteiger partial charge in [0, 0.05) is 18.5 Å². The fourth-order valence-electron chi connectivity index (χ4n) is 2.25. The topological polar surface area (TPSA) is 24.9 Å². The molecule has 2 aromatic rings. The van der Waals surface area contributed by atoms with Gasteiger partial charge in [-0.2, -0.15) is 0 Å². The van der Waals surface area contributed by atoms with E-state index in [1.807, 2.05) is 13.0 Å². The van der Waals surface area contributed by atoms with Crippen LogP contribution < -0.4 is 5.32 Å². The largest absolute Gasteiger partial charge is 0.306 e. The zero-order valence-electron chi connectivity index (χ0n) is 11.7. The Morgan fingerprint density at radius 1 is 1.20 bits per heavy atom. The molecule has 0 fully saturated rings. The number of hydrogen-bond donors (Lipinski definition) is 1. The van der Waals surface area contributed by atoms with Crippen LogP contribution in [0, 0.1) is 18.6 Å². The molecule has 1 N–H and O–H groups in total. The number of aryl methyl sites for hydroxylation is 1. The molecule has 0 aliphatic carbocycles. The van der Waals surface area contributed by atoms with Crippen molar-refractivity contribution in [1.29, 1.82) is 0 Å². The first-order valence-electron chi connectivity index (χ1n) is 6.71. The molecule has 1 aromatic heterocycles. The summed E-state index contributed by atoms with van der Waals surface area (Å²) >= 11 is 0. The highest BCUT2D eigenvalue weighted by atomic mass is 19.1. The zero-order valence-corrected chi connectivity index (χ0v) is 11.7. The molecule has 0 aliphatic heterocycles. The number of pyridine rings is 1. The maximum absolute atomic E-state index is 13.4. The smallest absolute Gasteiger partial charge is 0.126 e. The van der Waals surface area contributed by atoms with E-state index < -0.39 is 11.6 Å². The summed E-state index contributed by atoms with van der Waals surface area (Å²) in [6.45, 7) is 4.76. The molecule has 1 atom stereocenters. The molecule has 0 spiro atoms. The lowest BCUT2D eigenvalue weighted by molar-refractivity contribution is 0.557. The molecule has 0 bridgehead atoms. The summed E-state index contributed by atoms with van der Waals surface area (Å²) < 4.78 is 26.9. The van der Waals surface area contributed by atoms with Crippen molar-refractivity contribution >= 4 is 0 Å². The Kier molecular flexibility index (Phi) is 4.79. The molecule has 4 heteroatoms. The molecule has 1 unspecified atom stereocenters. The number of halogens is 2. The molecule has 0 saturated carbocycles. The van der Waals surface area contributed by atoms with Crippen LogP contribution in [0.1, 0.15) is 36.1 Å². The molecule has 1 heterocycles. The minimum absolute atomic E-state index is 0.233. The second-order valence-corrected chi connectivity index (χ2v) is 4.82.